The third kappa shape index (κ3) is 6.08. The summed E-state index contributed by atoms with van der Waals surface area (Å²) < 4.78 is 0.856. The molecule has 1 N–H and O–H groups in total. The zero-order valence-electron chi connectivity index (χ0n) is 13.4. The van der Waals surface area contributed by atoms with Crippen molar-refractivity contribution in [2.24, 2.45) is 11.8 Å². The van der Waals surface area contributed by atoms with Gasteiger partial charge in [-0.05, 0) is 58.8 Å². The lowest BCUT2D eigenvalue weighted by Crippen LogP contribution is -2.28. The van der Waals surface area contributed by atoms with E-state index in [0.29, 0.717) is 17.4 Å². The number of rotatable bonds is 8. The van der Waals surface area contributed by atoms with Crippen LogP contribution in [-0.2, 0) is 0 Å². The van der Waals surface area contributed by atoms with E-state index < -0.39 is 5.97 Å². The summed E-state index contributed by atoms with van der Waals surface area (Å²) in [5.41, 5.74) is 1.40. The lowest BCUT2D eigenvalue weighted by molar-refractivity contribution is 0.0697. The molecule has 1 aromatic rings. The summed E-state index contributed by atoms with van der Waals surface area (Å²) in [5.74, 6) is 0.422. The Balaban J connectivity index is 2.92. The minimum absolute atomic E-state index is 0.318. The molecule has 0 fully saturated rings. The fourth-order valence-electron chi connectivity index (χ4n) is 2.08. The van der Waals surface area contributed by atoms with Gasteiger partial charge in [0.05, 0.1) is 11.3 Å². The Morgan fingerprint density at radius 3 is 2.05 bits per heavy atom. The molecule has 0 amide bonds. The Morgan fingerprint density at radius 2 is 1.67 bits per heavy atom. The fourth-order valence-corrected chi connectivity index (χ4v) is 2.71. The molecule has 0 heterocycles. The molecule has 3 nitrogen and oxygen atoms in total. The maximum Gasteiger partial charge on any atom is 0.335 e. The normalized spacial score (nSPS) is 11.2. The summed E-state index contributed by atoms with van der Waals surface area (Å²) >= 11 is 3.53. The van der Waals surface area contributed by atoms with Crippen LogP contribution in [0, 0.1) is 11.8 Å². The molecule has 0 atom stereocenters. The number of aromatic carboxylic acids is 1. The van der Waals surface area contributed by atoms with Crippen molar-refractivity contribution in [1.82, 2.24) is 0 Å². The quantitative estimate of drug-likeness (QED) is 0.709. The van der Waals surface area contributed by atoms with Crippen LogP contribution in [-0.4, -0.2) is 24.2 Å². The Labute approximate surface area is 136 Å². The largest absolute Gasteiger partial charge is 0.478 e. The van der Waals surface area contributed by atoms with E-state index in [9.17, 15) is 4.79 Å². The van der Waals surface area contributed by atoms with E-state index in [1.54, 1.807) is 12.1 Å². The van der Waals surface area contributed by atoms with Crippen LogP contribution < -0.4 is 4.90 Å². The molecule has 0 aromatic heterocycles. The molecule has 0 radical (unpaired) electrons. The van der Waals surface area contributed by atoms with Gasteiger partial charge in [0, 0.05) is 17.6 Å². The van der Waals surface area contributed by atoms with Crippen molar-refractivity contribution in [3.8, 4) is 0 Å². The summed E-state index contributed by atoms with van der Waals surface area (Å²) in [7, 11) is 0. The van der Waals surface area contributed by atoms with Gasteiger partial charge < -0.3 is 10.0 Å². The van der Waals surface area contributed by atoms with E-state index in [4.69, 9.17) is 5.11 Å². The van der Waals surface area contributed by atoms with E-state index in [1.165, 1.54) is 0 Å². The van der Waals surface area contributed by atoms with Crippen molar-refractivity contribution in [2.75, 3.05) is 18.0 Å². The van der Waals surface area contributed by atoms with Gasteiger partial charge >= 0.3 is 5.97 Å². The highest BCUT2D eigenvalue weighted by Gasteiger charge is 2.13. The number of anilines is 1. The van der Waals surface area contributed by atoms with Crippen LogP contribution in [0.4, 0.5) is 5.69 Å². The monoisotopic (exact) mass is 355 g/mol. The molecule has 1 rings (SSSR count). The van der Waals surface area contributed by atoms with Crippen LogP contribution in [0.3, 0.4) is 0 Å². The van der Waals surface area contributed by atoms with Crippen LogP contribution >= 0.6 is 15.9 Å². The number of benzene rings is 1. The van der Waals surface area contributed by atoms with Gasteiger partial charge in [0.1, 0.15) is 0 Å². The molecule has 1 aromatic carbocycles. The van der Waals surface area contributed by atoms with E-state index in [-0.39, 0.29) is 0 Å². The average molecular weight is 356 g/mol. The Kier molecular flexibility index (Phi) is 7.23. The summed E-state index contributed by atoms with van der Waals surface area (Å²) in [5, 5.41) is 9.06. The first-order valence-electron chi connectivity index (χ1n) is 7.59. The Morgan fingerprint density at radius 1 is 1.14 bits per heavy atom. The van der Waals surface area contributed by atoms with Gasteiger partial charge in [0.2, 0.25) is 0 Å². The topological polar surface area (TPSA) is 40.5 Å². The lowest BCUT2D eigenvalue weighted by Gasteiger charge is -2.27. The van der Waals surface area contributed by atoms with Gasteiger partial charge in [-0.2, -0.15) is 0 Å². The van der Waals surface area contributed by atoms with Crippen molar-refractivity contribution in [3.05, 3.63) is 28.2 Å². The van der Waals surface area contributed by atoms with Gasteiger partial charge in [-0.1, -0.05) is 27.7 Å². The summed E-state index contributed by atoms with van der Waals surface area (Å²) in [6.45, 7) is 10.9. The second-order valence-corrected chi connectivity index (χ2v) is 7.18. The smallest absolute Gasteiger partial charge is 0.335 e. The molecule has 0 bridgehead atoms. The average Bonchev–Trinajstić information content (AvgIpc) is 2.38. The van der Waals surface area contributed by atoms with E-state index in [0.717, 1.165) is 36.1 Å². The predicted octanol–water partition coefficient (Wildman–Crippen LogP) is 5.05. The van der Waals surface area contributed by atoms with Crippen molar-refractivity contribution < 1.29 is 9.90 Å². The van der Waals surface area contributed by atoms with E-state index in [1.807, 2.05) is 6.07 Å². The third-order valence-corrected chi connectivity index (χ3v) is 4.12. The van der Waals surface area contributed by atoms with Crippen LogP contribution in [0.1, 0.15) is 50.9 Å². The minimum Gasteiger partial charge on any atom is -0.478 e. The molecule has 0 unspecified atom stereocenters. The van der Waals surface area contributed by atoms with Crippen molar-refractivity contribution >= 4 is 27.6 Å². The molecule has 0 aliphatic carbocycles. The second-order valence-electron chi connectivity index (χ2n) is 6.32. The first kappa shape index (κ1) is 18.0. The van der Waals surface area contributed by atoms with Crippen LogP contribution in [0.15, 0.2) is 22.7 Å². The number of carbonyl (C=O) groups is 1. The zero-order chi connectivity index (χ0) is 16.0. The van der Waals surface area contributed by atoms with Gasteiger partial charge in [-0.3, -0.25) is 0 Å². The Hall–Kier alpha value is -1.03. The van der Waals surface area contributed by atoms with Crippen LogP contribution in [0.5, 0.6) is 0 Å². The summed E-state index contributed by atoms with van der Waals surface area (Å²) in [4.78, 5) is 13.4. The first-order chi connectivity index (χ1) is 9.81. The molecule has 21 heavy (non-hydrogen) atoms. The van der Waals surface area contributed by atoms with Gasteiger partial charge in [0.25, 0.3) is 0 Å². The fraction of sp³-hybridized carbons (Fsp3) is 0.588. The molecular weight excluding hydrogens is 330 g/mol. The summed E-state index contributed by atoms with van der Waals surface area (Å²) in [6.07, 6.45) is 2.26. The van der Waals surface area contributed by atoms with Crippen molar-refractivity contribution in [2.45, 2.75) is 40.5 Å². The lowest BCUT2D eigenvalue weighted by atomic mass is 10.1. The predicted molar refractivity (Wildman–Crippen MR) is 92.2 cm³/mol. The molecule has 0 saturated carbocycles. The van der Waals surface area contributed by atoms with Gasteiger partial charge in [-0.15, -0.1) is 0 Å². The maximum atomic E-state index is 11.0. The SMILES string of the molecule is CC(C)CCN(CCC(C)C)c1ccc(C(=O)O)cc1Br. The number of carboxylic acids is 1. The van der Waals surface area contributed by atoms with Gasteiger partial charge in [0.15, 0.2) is 0 Å². The van der Waals surface area contributed by atoms with E-state index in [2.05, 4.69) is 48.5 Å². The molecule has 118 valence electrons. The number of halogens is 1. The molecular formula is C17H26BrNO2. The Bertz CT molecular complexity index is 460. The molecule has 0 spiro atoms. The molecule has 0 aliphatic heterocycles. The minimum atomic E-state index is -0.891. The number of nitrogens with zero attached hydrogens (tertiary/aromatic N) is 1. The molecule has 0 aliphatic rings. The third-order valence-electron chi connectivity index (χ3n) is 3.49. The van der Waals surface area contributed by atoms with E-state index >= 15 is 0 Å². The molecule has 4 heteroatoms. The van der Waals surface area contributed by atoms with Crippen LogP contribution in [0.25, 0.3) is 0 Å². The standard InChI is InChI=1S/C17H26BrNO2/c1-12(2)7-9-19(10-8-13(3)4)16-6-5-14(17(20)21)11-15(16)18/h5-6,11-13H,7-10H2,1-4H3,(H,20,21). The summed E-state index contributed by atoms with van der Waals surface area (Å²) in [6, 6.07) is 5.28. The van der Waals surface area contributed by atoms with Crippen molar-refractivity contribution in [1.29, 1.82) is 0 Å². The first-order valence-corrected chi connectivity index (χ1v) is 8.38. The number of carboxylic acid groups (broad SMARTS) is 1. The number of hydrogen-bond donors (Lipinski definition) is 1. The highest BCUT2D eigenvalue weighted by atomic mass is 79.9. The number of hydrogen-bond acceptors (Lipinski definition) is 2. The van der Waals surface area contributed by atoms with Crippen LogP contribution in [0.2, 0.25) is 0 Å². The zero-order valence-corrected chi connectivity index (χ0v) is 15.0. The highest BCUT2D eigenvalue weighted by Crippen LogP contribution is 2.28. The molecule has 0 saturated heterocycles. The second kappa shape index (κ2) is 8.42. The van der Waals surface area contributed by atoms with Gasteiger partial charge in [-0.25, -0.2) is 4.79 Å². The highest BCUT2D eigenvalue weighted by molar-refractivity contribution is 9.10. The van der Waals surface area contributed by atoms with Crippen molar-refractivity contribution in [3.63, 3.8) is 0 Å². The maximum absolute atomic E-state index is 11.0.